The molecule has 148 valence electrons. The van der Waals surface area contributed by atoms with Gasteiger partial charge in [0, 0.05) is 25.2 Å². The van der Waals surface area contributed by atoms with Crippen molar-refractivity contribution >= 4 is 51.6 Å². The van der Waals surface area contributed by atoms with Gasteiger partial charge in [0.15, 0.2) is 5.96 Å². The Kier molecular flexibility index (Phi) is 10.1. The molecule has 0 atom stereocenters. The van der Waals surface area contributed by atoms with Gasteiger partial charge in [-0.3, -0.25) is 4.99 Å². The number of rotatable bonds is 7. The van der Waals surface area contributed by atoms with E-state index in [9.17, 15) is 8.42 Å². The molecule has 0 aliphatic rings. The third kappa shape index (κ3) is 8.46. The molecule has 6 nitrogen and oxygen atoms in total. The number of hydrogen-bond donors (Lipinski definition) is 3. The van der Waals surface area contributed by atoms with Crippen LogP contribution in [0, 0.1) is 0 Å². The first-order chi connectivity index (χ1) is 12.4. The number of hydrogen-bond acceptors (Lipinski definition) is 3. The summed E-state index contributed by atoms with van der Waals surface area (Å²) in [5.74, 6) is 0.609. The van der Waals surface area contributed by atoms with Crippen molar-refractivity contribution in [3.63, 3.8) is 0 Å². The number of halogens is 2. The summed E-state index contributed by atoms with van der Waals surface area (Å²) in [6.45, 7) is 1.13. The second kappa shape index (κ2) is 11.5. The van der Waals surface area contributed by atoms with Gasteiger partial charge in [-0.2, -0.15) is 0 Å². The first-order valence-electron chi connectivity index (χ1n) is 8.10. The van der Waals surface area contributed by atoms with Gasteiger partial charge >= 0.3 is 0 Å². The van der Waals surface area contributed by atoms with E-state index in [4.69, 9.17) is 11.6 Å². The van der Waals surface area contributed by atoms with E-state index in [1.165, 1.54) is 7.05 Å². The Morgan fingerprint density at radius 1 is 1.00 bits per heavy atom. The summed E-state index contributed by atoms with van der Waals surface area (Å²) in [4.78, 5) is 4.19. The highest BCUT2D eigenvalue weighted by molar-refractivity contribution is 14.0. The van der Waals surface area contributed by atoms with Gasteiger partial charge in [-0.1, -0.05) is 48.0 Å². The summed E-state index contributed by atoms with van der Waals surface area (Å²) < 4.78 is 25.7. The maximum Gasteiger partial charge on any atom is 0.215 e. The highest BCUT2D eigenvalue weighted by atomic mass is 127. The first kappa shape index (κ1) is 23.7. The molecule has 2 aromatic rings. The zero-order valence-electron chi connectivity index (χ0n) is 15.2. The molecule has 3 N–H and O–H groups in total. The average Bonchev–Trinajstić information content (AvgIpc) is 2.62. The van der Waals surface area contributed by atoms with Crippen LogP contribution in [-0.2, 0) is 28.9 Å². The Labute approximate surface area is 182 Å². The highest BCUT2D eigenvalue weighted by Gasteiger charge is 2.09. The van der Waals surface area contributed by atoms with E-state index in [1.54, 1.807) is 13.1 Å². The van der Waals surface area contributed by atoms with Gasteiger partial charge in [0.05, 0.1) is 5.75 Å². The maximum atomic E-state index is 11.7. The maximum absolute atomic E-state index is 11.7. The molecule has 0 spiro atoms. The lowest BCUT2D eigenvalue weighted by Gasteiger charge is -2.13. The Morgan fingerprint density at radius 3 is 2.11 bits per heavy atom. The molecule has 0 heterocycles. The molecule has 2 aromatic carbocycles. The lowest BCUT2D eigenvalue weighted by molar-refractivity contribution is 0.587. The summed E-state index contributed by atoms with van der Waals surface area (Å²) in [6.07, 6.45) is 0. The van der Waals surface area contributed by atoms with Gasteiger partial charge < -0.3 is 10.6 Å². The predicted molar refractivity (Wildman–Crippen MR) is 122 cm³/mol. The molecule has 0 unspecified atom stereocenters. The van der Waals surface area contributed by atoms with Crippen LogP contribution < -0.4 is 15.4 Å². The van der Waals surface area contributed by atoms with Gasteiger partial charge in [-0.15, -0.1) is 24.0 Å². The van der Waals surface area contributed by atoms with E-state index in [-0.39, 0.29) is 29.7 Å². The van der Waals surface area contributed by atoms with Gasteiger partial charge in [0.1, 0.15) is 0 Å². The predicted octanol–water partition coefficient (Wildman–Crippen LogP) is 2.87. The zero-order chi connectivity index (χ0) is 19.0. The van der Waals surface area contributed by atoms with E-state index in [1.807, 2.05) is 42.5 Å². The van der Waals surface area contributed by atoms with Crippen LogP contribution in [0.15, 0.2) is 53.5 Å². The monoisotopic (exact) mass is 522 g/mol. The summed E-state index contributed by atoms with van der Waals surface area (Å²) in [7, 11) is -0.175. The molecule has 0 aromatic heterocycles. The van der Waals surface area contributed by atoms with Crippen molar-refractivity contribution in [2.24, 2.45) is 4.99 Å². The second-order valence-corrected chi connectivity index (χ2v) is 8.06. The van der Waals surface area contributed by atoms with Crippen molar-refractivity contribution in [1.82, 2.24) is 15.4 Å². The Bertz CT molecular complexity index is 875. The highest BCUT2D eigenvalue weighted by Crippen LogP contribution is 2.10. The van der Waals surface area contributed by atoms with Gasteiger partial charge in [-0.05, 0) is 35.9 Å². The van der Waals surface area contributed by atoms with Crippen LogP contribution in [0.1, 0.15) is 16.7 Å². The van der Waals surface area contributed by atoms with Gasteiger partial charge in [0.2, 0.25) is 10.0 Å². The number of benzene rings is 2. The fourth-order valence-corrected chi connectivity index (χ4v) is 3.34. The molecule has 0 saturated carbocycles. The van der Waals surface area contributed by atoms with E-state index < -0.39 is 10.0 Å². The summed E-state index contributed by atoms with van der Waals surface area (Å²) in [6, 6.07) is 15.1. The lowest BCUT2D eigenvalue weighted by Crippen LogP contribution is -2.36. The van der Waals surface area contributed by atoms with E-state index in [2.05, 4.69) is 20.3 Å². The van der Waals surface area contributed by atoms with Crippen molar-refractivity contribution in [3.05, 3.63) is 70.2 Å². The van der Waals surface area contributed by atoms with Crippen molar-refractivity contribution in [2.75, 3.05) is 14.1 Å². The van der Waals surface area contributed by atoms with Crippen molar-refractivity contribution in [3.8, 4) is 0 Å². The first-order valence-corrected chi connectivity index (χ1v) is 10.1. The molecule has 2 rings (SSSR count). The van der Waals surface area contributed by atoms with Gasteiger partial charge in [0.25, 0.3) is 0 Å². The number of guanidine groups is 1. The number of aliphatic imine (C=N–C) groups is 1. The zero-order valence-corrected chi connectivity index (χ0v) is 19.1. The number of nitrogens with one attached hydrogen (secondary N) is 3. The summed E-state index contributed by atoms with van der Waals surface area (Å²) in [5, 5.41) is 7.13. The molecule has 0 saturated heterocycles. The molecular formula is C18H24ClIN4O2S. The minimum absolute atomic E-state index is 0. The van der Waals surface area contributed by atoms with E-state index >= 15 is 0 Å². The normalized spacial score (nSPS) is 11.6. The lowest BCUT2D eigenvalue weighted by atomic mass is 10.1. The molecule has 0 aliphatic heterocycles. The van der Waals surface area contributed by atoms with Crippen molar-refractivity contribution in [2.45, 2.75) is 18.8 Å². The molecule has 0 aliphatic carbocycles. The molecular weight excluding hydrogens is 499 g/mol. The third-order valence-corrected chi connectivity index (χ3v) is 5.26. The van der Waals surface area contributed by atoms with Crippen LogP contribution in [0.5, 0.6) is 0 Å². The molecule has 0 fully saturated rings. The van der Waals surface area contributed by atoms with E-state index in [0.29, 0.717) is 24.1 Å². The van der Waals surface area contributed by atoms with Crippen LogP contribution in [0.25, 0.3) is 0 Å². The standard InChI is InChI=1S/C18H23ClN4O2S.HI/c1-20-18(23-12-15-6-4-8-17(19)10-15)22-11-14-5-3-7-16(9-14)13-26(24,25)21-2;/h3-10,21H,11-13H2,1-2H3,(H2,20,22,23);1H. The van der Waals surface area contributed by atoms with Crippen molar-refractivity contribution in [1.29, 1.82) is 0 Å². The molecule has 9 heteroatoms. The van der Waals surface area contributed by atoms with Crippen LogP contribution in [0.3, 0.4) is 0 Å². The van der Waals surface area contributed by atoms with Crippen LogP contribution >= 0.6 is 35.6 Å². The van der Waals surface area contributed by atoms with Crippen LogP contribution in [-0.4, -0.2) is 28.5 Å². The Balaban J connectivity index is 0.00000364. The topological polar surface area (TPSA) is 82.6 Å². The minimum atomic E-state index is -3.29. The van der Waals surface area contributed by atoms with Crippen molar-refractivity contribution < 1.29 is 8.42 Å². The second-order valence-electron chi connectivity index (χ2n) is 5.69. The average molecular weight is 523 g/mol. The summed E-state index contributed by atoms with van der Waals surface area (Å²) >= 11 is 5.99. The number of sulfonamides is 1. The molecule has 0 bridgehead atoms. The van der Waals surface area contributed by atoms with Crippen LogP contribution in [0.2, 0.25) is 5.02 Å². The van der Waals surface area contributed by atoms with Gasteiger partial charge in [-0.25, -0.2) is 13.1 Å². The Morgan fingerprint density at radius 2 is 1.56 bits per heavy atom. The quantitative estimate of drug-likeness (QED) is 0.297. The van der Waals surface area contributed by atoms with E-state index in [0.717, 1.165) is 16.7 Å². The fourth-order valence-electron chi connectivity index (χ4n) is 2.36. The number of nitrogens with zero attached hydrogens (tertiary/aromatic N) is 1. The minimum Gasteiger partial charge on any atom is -0.352 e. The largest absolute Gasteiger partial charge is 0.352 e. The third-order valence-electron chi connectivity index (χ3n) is 3.69. The fraction of sp³-hybridized carbons (Fsp3) is 0.278. The molecule has 0 amide bonds. The summed E-state index contributed by atoms with van der Waals surface area (Å²) in [5.41, 5.74) is 2.76. The smallest absolute Gasteiger partial charge is 0.215 e. The van der Waals surface area contributed by atoms with Crippen LogP contribution in [0.4, 0.5) is 0 Å². The molecule has 0 radical (unpaired) electrons. The molecule has 27 heavy (non-hydrogen) atoms. The SMILES string of the molecule is CN=C(NCc1cccc(Cl)c1)NCc1cccc(CS(=O)(=O)NC)c1.I. The Hall–Kier alpha value is -1.36.